The summed E-state index contributed by atoms with van der Waals surface area (Å²) in [7, 11) is 0. The predicted octanol–water partition coefficient (Wildman–Crippen LogP) is 2.06. The molecule has 4 nitrogen and oxygen atoms in total. The van der Waals surface area contributed by atoms with E-state index in [0.29, 0.717) is 6.54 Å². The molecule has 1 aromatic rings. The number of hydrogen-bond acceptors (Lipinski definition) is 3. The molecule has 4 heteroatoms. The number of aryl methyl sites for hydroxylation is 1. The van der Waals surface area contributed by atoms with Crippen molar-refractivity contribution in [2.24, 2.45) is 0 Å². The molecule has 1 aromatic carbocycles. The van der Waals surface area contributed by atoms with Gasteiger partial charge >= 0.3 is 0 Å². The number of hydrogen-bond donors (Lipinski definition) is 2. The fourth-order valence-corrected chi connectivity index (χ4v) is 2.90. The van der Waals surface area contributed by atoms with E-state index in [1.807, 2.05) is 32.0 Å². The highest BCUT2D eigenvalue weighted by Gasteiger charge is 2.17. The normalized spacial score (nSPS) is 18.1. The smallest absolute Gasteiger partial charge is 0.227 e. The highest BCUT2D eigenvalue weighted by Crippen LogP contribution is 2.16. The van der Waals surface area contributed by atoms with Crippen LogP contribution in [-0.2, 0) is 4.79 Å². The Morgan fingerprint density at radius 2 is 2.14 bits per heavy atom. The van der Waals surface area contributed by atoms with E-state index in [1.54, 1.807) is 0 Å². The molecule has 1 fully saturated rings. The van der Waals surface area contributed by atoms with Crippen LogP contribution < -0.4 is 5.32 Å². The van der Waals surface area contributed by atoms with Gasteiger partial charge in [0.1, 0.15) is 0 Å². The number of nitrogens with one attached hydrogen (secondary N) is 1. The Balaban J connectivity index is 1.67. The van der Waals surface area contributed by atoms with Crippen LogP contribution in [0.1, 0.15) is 43.2 Å². The van der Waals surface area contributed by atoms with Crippen LogP contribution in [-0.4, -0.2) is 48.2 Å². The third-order valence-electron chi connectivity index (χ3n) is 4.44. The minimum Gasteiger partial charge on any atom is -0.393 e. The molecule has 0 aliphatic carbocycles. The van der Waals surface area contributed by atoms with Crippen molar-refractivity contribution in [3.8, 4) is 0 Å². The second-order valence-electron chi connectivity index (χ2n) is 6.35. The van der Waals surface area contributed by atoms with Gasteiger partial charge in [-0.15, -0.1) is 0 Å². The molecule has 1 saturated heterocycles. The Morgan fingerprint density at radius 1 is 1.41 bits per heavy atom. The van der Waals surface area contributed by atoms with Crippen molar-refractivity contribution in [3.05, 3.63) is 35.4 Å². The molecule has 1 heterocycles. The molecule has 0 aromatic heterocycles. The van der Waals surface area contributed by atoms with Gasteiger partial charge in [-0.3, -0.25) is 4.79 Å². The lowest BCUT2D eigenvalue weighted by atomic mass is 9.98. The lowest BCUT2D eigenvalue weighted by Gasteiger charge is -2.29. The molecule has 0 saturated carbocycles. The number of aliphatic hydroxyl groups is 1. The van der Waals surface area contributed by atoms with Gasteiger partial charge in [0.15, 0.2) is 0 Å². The maximum Gasteiger partial charge on any atom is 0.227 e. The average molecular weight is 304 g/mol. The molecule has 1 aliphatic rings. The van der Waals surface area contributed by atoms with E-state index < -0.39 is 0 Å². The monoisotopic (exact) mass is 304 g/mol. The Labute approximate surface area is 133 Å². The third-order valence-corrected chi connectivity index (χ3v) is 4.44. The fourth-order valence-electron chi connectivity index (χ4n) is 2.90. The van der Waals surface area contributed by atoms with Crippen molar-refractivity contribution in [1.82, 2.24) is 10.2 Å². The third kappa shape index (κ3) is 5.11. The molecule has 2 N–H and O–H groups in total. The SMILES string of the molecule is Cc1cccc(C(C)C(=O)NCCCN2CCC(O)CC2)c1. The van der Waals surface area contributed by atoms with Crippen LogP contribution in [0, 0.1) is 6.92 Å². The zero-order valence-corrected chi connectivity index (χ0v) is 13.7. The summed E-state index contributed by atoms with van der Waals surface area (Å²) < 4.78 is 0. The number of rotatable bonds is 6. The zero-order valence-electron chi connectivity index (χ0n) is 13.7. The minimum atomic E-state index is -0.119. The molecule has 1 amide bonds. The minimum absolute atomic E-state index is 0.0969. The van der Waals surface area contributed by atoms with Crippen molar-refractivity contribution >= 4 is 5.91 Å². The summed E-state index contributed by atoms with van der Waals surface area (Å²) in [5.74, 6) is -0.00954. The van der Waals surface area contributed by atoms with Crippen molar-refractivity contribution in [1.29, 1.82) is 0 Å². The van der Waals surface area contributed by atoms with Gasteiger partial charge < -0.3 is 15.3 Å². The van der Waals surface area contributed by atoms with E-state index in [9.17, 15) is 9.90 Å². The van der Waals surface area contributed by atoms with Gasteiger partial charge in [-0.1, -0.05) is 29.8 Å². The molecule has 1 unspecified atom stereocenters. The summed E-state index contributed by atoms with van der Waals surface area (Å²) >= 11 is 0. The Hall–Kier alpha value is -1.39. The molecular formula is C18H28N2O2. The zero-order chi connectivity index (χ0) is 15.9. The standard InChI is InChI=1S/C18H28N2O2/c1-14-5-3-6-16(13-14)15(2)18(22)19-9-4-10-20-11-7-17(21)8-12-20/h3,5-6,13,15,17,21H,4,7-12H2,1-2H3,(H,19,22). The van der Waals surface area contributed by atoms with Crippen LogP contribution >= 0.6 is 0 Å². The summed E-state index contributed by atoms with van der Waals surface area (Å²) in [6, 6.07) is 8.13. The lowest BCUT2D eigenvalue weighted by Crippen LogP contribution is -2.38. The molecule has 2 rings (SSSR count). The van der Waals surface area contributed by atoms with Crippen LogP contribution in [0.2, 0.25) is 0 Å². The number of carbonyl (C=O) groups is 1. The first-order chi connectivity index (χ1) is 10.6. The Morgan fingerprint density at radius 3 is 2.82 bits per heavy atom. The van der Waals surface area contributed by atoms with Crippen LogP contribution in [0.25, 0.3) is 0 Å². The van der Waals surface area contributed by atoms with Gasteiger partial charge in [-0.2, -0.15) is 0 Å². The average Bonchev–Trinajstić information content (AvgIpc) is 2.52. The van der Waals surface area contributed by atoms with E-state index >= 15 is 0 Å². The molecular weight excluding hydrogens is 276 g/mol. The molecule has 0 radical (unpaired) electrons. The highest BCUT2D eigenvalue weighted by atomic mass is 16.3. The van der Waals surface area contributed by atoms with Crippen molar-refractivity contribution < 1.29 is 9.90 Å². The first-order valence-corrected chi connectivity index (χ1v) is 8.31. The number of nitrogens with zero attached hydrogens (tertiary/aromatic N) is 1. The Bertz CT molecular complexity index is 482. The van der Waals surface area contributed by atoms with Crippen molar-refractivity contribution in [2.45, 2.75) is 45.1 Å². The molecule has 0 bridgehead atoms. The van der Waals surface area contributed by atoms with Crippen LogP contribution in [0.5, 0.6) is 0 Å². The molecule has 22 heavy (non-hydrogen) atoms. The molecule has 1 aliphatic heterocycles. The van der Waals surface area contributed by atoms with Crippen LogP contribution in [0.4, 0.5) is 0 Å². The molecule has 0 spiro atoms. The first-order valence-electron chi connectivity index (χ1n) is 8.31. The van der Waals surface area contributed by atoms with Crippen LogP contribution in [0.3, 0.4) is 0 Å². The summed E-state index contributed by atoms with van der Waals surface area (Å²) in [6.45, 7) is 7.64. The highest BCUT2D eigenvalue weighted by molar-refractivity contribution is 5.83. The number of aliphatic hydroxyl groups excluding tert-OH is 1. The second-order valence-corrected chi connectivity index (χ2v) is 6.35. The van der Waals surface area contributed by atoms with E-state index in [-0.39, 0.29) is 17.9 Å². The van der Waals surface area contributed by atoms with Gasteiger partial charge in [0.2, 0.25) is 5.91 Å². The quantitative estimate of drug-likeness (QED) is 0.791. The number of piperidine rings is 1. The molecule has 1 atom stereocenters. The van der Waals surface area contributed by atoms with Gasteiger partial charge in [-0.25, -0.2) is 0 Å². The van der Waals surface area contributed by atoms with Gasteiger partial charge in [0, 0.05) is 19.6 Å². The lowest BCUT2D eigenvalue weighted by molar-refractivity contribution is -0.122. The number of benzene rings is 1. The van der Waals surface area contributed by atoms with Crippen molar-refractivity contribution in [2.75, 3.05) is 26.2 Å². The van der Waals surface area contributed by atoms with E-state index in [2.05, 4.69) is 16.3 Å². The van der Waals surface area contributed by atoms with E-state index in [4.69, 9.17) is 0 Å². The van der Waals surface area contributed by atoms with Gasteiger partial charge in [-0.05, 0) is 45.2 Å². The maximum absolute atomic E-state index is 12.2. The van der Waals surface area contributed by atoms with E-state index in [0.717, 1.165) is 44.5 Å². The van der Waals surface area contributed by atoms with E-state index in [1.165, 1.54) is 5.56 Å². The second kappa shape index (κ2) is 8.30. The largest absolute Gasteiger partial charge is 0.393 e. The summed E-state index contributed by atoms with van der Waals surface area (Å²) in [5, 5.41) is 12.5. The Kier molecular flexibility index (Phi) is 6.40. The molecule has 122 valence electrons. The topological polar surface area (TPSA) is 52.6 Å². The van der Waals surface area contributed by atoms with Crippen molar-refractivity contribution in [3.63, 3.8) is 0 Å². The number of amides is 1. The summed E-state index contributed by atoms with van der Waals surface area (Å²) in [4.78, 5) is 14.6. The van der Waals surface area contributed by atoms with Crippen LogP contribution in [0.15, 0.2) is 24.3 Å². The first kappa shape index (κ1) is 17.0. The number of carbonyl (C=O) groups excluding carboxylic acids is 1. The fraction of sp³-hybridized carbons (Fsp3) is 0.611. The van der Waals surface area contributed by atoms with Gasteiger partial charge in [0.05, 0.1) is 12.0 Å². The predicted molar refractivity (Wildman–Crippen MR) is 88.9 cm³/mol. The summed E-state index contributed by atoms with van der Waals surface area (Å²) in [5.41, 5.74) is 2.26. The summed E-state index contributed by atoms with van der Waals surface area (Å²) in [6.07, 6.45) is 2.58. The maximum atomic E-state index is 12.2. The van der Waals surface area contributed by atoms with Gasteiger partial charge in [0.25, 0.3) is 0 Å². The number of likely N-dealkylation sites (tertiary alicyclic amines) is 1.